The maximum absolute atomic E-state index is 12.2. The van der Waals surface area contributed by atoms with E-state index in [1.807, 2.05) is 0 Å². The zero-order valence-electron chi connectivity index (χ0n) is 6.36. The lowest BCUT2D eigenvalue weighted by Crippen LogP contribution is -2.14. The summed E-state index contributed by atoms with van der Waals surface area (Å²) in [5.74, 6) is -1.40. The Bertz CT molecular complexity index is 224. The van der Waals surface area contributed by atoms with Crippen molar-refractivity contribution >= 4 is 5.91 Å². The van der Waals surface area contributed by atoms with Gasteiger partial charge in [-0.1, -0.05) is 13.2 Å². The van der Waals surface area contributed by atoms with Crippen LogP contribution in [0, 0.1) is 0 Å². The first-order valence-electron chi connectivity index (χ1n) is 2.97. The zero-order chi connectivity index (χ0) is 9.02. The summed E-state index contributed by atoms with van der Waals surface area (Å²) < 4.78 is 12.2. The molecule has 0 aromatic carbocycles. The van der Waals surface area contributed by atoms with Crippen molar-refractivity contribution in [2.24, 2.45) is 5.73 Å². The second kappa shape index (κ2) is 3.71. The molecule has 60 valence electrons. The standard InChI is InChI=1S/C8H10FNO/c1-5(2)7(8(10)11)4-6(3)9/h4H,1,3H2,2H3,(H2,10,11)/b7-4+. The zero-order valence-corrected chi connectivity index (χ0v) is 6.36. The predicted molar refractivity (Wildman–Crippen MR) is 42.3 cm³/mol. The Hall–Kier alpha value is -1.38. The SMILES string of the molecule is C=C(F)/C=C(\C(=C)C)C(N)=O. The molecule has 0 aromatic heterocycles. The van der Waals surface area contributed by atoms with Gasteiger partial charge < -0.3 is 5.73 Å². The second-order valence-corrected chi connectivity index (χ2v) is 2.15. The highest BCUT2D eigenvalue weighted by atomic mass is 19.1. The molecule has 0 atom stereocenters. The summed E-state index contributed by atoms with van der Waals surface area (Å²) in [6.45, 7) is 7.99. The van der Waals surface area contributed by atoms with Gasteiger partial charge in [0, 0.05) is 5.57 Å². The fourth-order valence-electron chi connectivity index (χ4n) is 0.561. The molecule has 0 fully saturated rings. The average molecular weight is 155 g/mol. The molecule has 11 heavy (non-hydrogen) atoms. The first kappa shape index (κ1) is 9.62. The molecule has 2 N–H and O–H groups in total. The van der Waals surface area contributed by atoms with Crippen LogP contribution in [-0.2, 0) is 4.79 Å². The highest BCUT2D eigenvalue weighted by Crippen LogP contribution is 2.09. The topological polar surface area (TPSA) is 43.1 Å². The number of hydrogen-bond acceptors (Lipinski definition) is 1. The fourth-order valence-corrected chi connectivity index (χ4v) is 0.561. The van der Waals surface area contributed by atoms with Gasteiger partial charge in [0.05, 0.1) is 0 Å². The summed E-state index contributed by atoms with van der Waals surface area (Å²) in [6.07, 6.45) is 0.963. The third-order valence-electron chi connectivity index (χ3n) is 1.03. The van der Waals surface area contributed by atoms with E-state index < -0.39 is 11.7 Å². The van der Waals surface area contributed by atoms with E-state index in [0.717, 1.165) is 6.08 Å². The predicted octanol–water partition coefficient (Wildman–Crippen LogP) is 1.46. The summed E-state index contributed by atoms with van der Waals surface area (Å²) in [5, 5.41) is 0. The van der Waals surface area contributed by atoms with Gasteiger partial charge in [0.15, 0.2) is 0 Å². The Labute approximate surface area is 64.9 Å². The van der Waals surface area contributed by atoms with Crippen LogP contribution in [0.25, 0.3) is 0 Å². The summed E-state index contributed by atoms with van der Waals surface area (Å²) in [7, 11) is 0. The van der Waals surface area contributed by atoms with Gasteiger partial charge in [-0.15, -0.1) is 0 Å². The first-order chi connectivity index (χ1) is 4.95. The molecule has 0 aliphatic rings. The Morgan fingerprint density at radius 1 is 1.55 bits per heavy atom. The van der Waals surface area contributed by atoms with Gasteiger partial charge in [-0.05, 0) is 18.6 Å². The number of allylic oxidation sites excluding steroid dienone is 2. The minimum atomic E-state index is -0.707. The maximum atomic E-state index is 12.2. The smallest absolute Gasteiger partial charge is 0.249 e. The van der Waals surface area contributed by atoms with Gasteiger partial charge in [-0.25, -0.2) is 4.39 Å². The summed E-state index contributed by atoms with van der Waals surface area (Å²) in [5.41, 5.74) is 5.40. The van der Waals surface area contributed by atoms with Gasteiger partial charge in [0.25, 0.3) is 0 Å². The van der Waals surface area contributed by atoms with Crippen molar-refractivity contribution in [2.75, 3.05) is 0 Å². The van der Waals surface area contributed by atoms with Crippen molar-refractivity contribution in [3.05, 3.63) is 36.2 Å². The van der Waals surface area contributed by atoms with Gasteiger partial charge in [0.1, 0.15) is 5.83 Å². The van der Waals surface area contributed by atoms with Crippen molar-refractivity contribution in [3.63, 3.8) is 0 Å². The lowest BCUT2D eigenvalue weighted by molar-refractivity contribution is -0.114. The van der Waals surface area contributed by atoms with Crippen LogP contribution in [0.15, 0.2) is 36.2 Å². The number of amides is 1. The molecule has 0 unspecified atom stereocenters. The lowest BCUT2D eigenvalue weighted by atomic mass is 10.1. The van der Waals surface area contributed by atoms with Crippen LogP contribution in [0.5, 0.6) is 0 Å². The molecule has 0 aromatic rings. The molecule has 1 amide bonds. The second-order valence-electron chi connectivity index (χ2n) is 2.15. The van der Waals surface area contributed by atoms with E-state index in [1.165, 1.54) is 0 Å². The third-order valence-corrected chi connectivity index (χ3v) is 1.03. The quantitative estimate of drug-likeness (QED) is 0.486. The van der Waals surface area contributed by atoms with E-state index in [1.54, 1.807) is 6.92 Å². The number of halogens is 1. The van der Waals surface area contributed by atoms with E-state index in [0.29, 0.717) is 5.57 Å². The molecule has 0 aliphatic carbocycles. The highest BCUT2D eigenvalue weighted by molar-refractivity contribution is 5.96. The molecule has 3 heteroatoms. The van der Waals surface area contributed by atoms with Gasteiger partial charge in [-0.3, -0.25) is 4.79 Å². The summed E-state index contributed by atoms with van der Waals surface area (Å²) in [6, 6.07) is 0. The average Bonchev–Trinajstić information content (AvgIpc) is 1.81. The summed E-state index contributed by atoms with van der Waals surface area (Å²) >= 11 is 0. The summed E-state index contributed by atoms with van der Waals surface area (Å²) in [4.78, 5) is 10.6. The van der Waals surface area contributed by atoms with Crippen LogP contribution >= 0.6 is 0 Å². The Balaban J connectivity index is 4.75. The van der Waals surface area contributed by atoms with E-state index in [2.05, 4.69) is 13.2 Å². The van der Waals surface area contributed by atoms with Crippen LogP contribution in [0.2, 0.25) is 0 Å². The van der Waals surface area contributed by atoms with E-state index in [9.17, 15) is 9.18 Å². The number of carbonyl (C=O) groups excluding carboxylic acids is 1. The molecule has 0 saturated carbocycles. The minimum absolute atomic E-state index is 0.0671. The lowest BCUT2D eigenvalue weighted by Gasteiger charge is -1.99. The highest BCUT2D eigenvalue weighted by Gasteiger charge is 2.04. The molecule has 0 heterocycles. The number of hydrogen-bond donors (Lipinski definition) is 1. The Morgan fingerprint density at radius 2 is 2.00 bits per heavy atom. The monoisotopic (exact) mass is 155 g/mol. The van der Waals surface area contributed by atoms with Crippen LogP contribution < -0.4 is 5.73 Å². The van der Waals surface area contributed by atoms with Crippen LogP contribution in [0.1, 0.15) is 6.92 Å². The van der Waals surface area contributed by atoms with E-state index in [-0.39, 0.29) is 5.57 Å². The normalized spacial score (nSPS) is 10.9. The van der Waals surface area contributed by atoms with Crippen LogP contribution in [-0.4, -0.2) is 5.91 Å². The van der Waals surface area contributed by atoms with Crippen molar-refractivity contribution in [2.45, 2.75) is 6.92 Å². The van der Waals surface area contributed by atoms with Gasteiger partial charge in [-0.2, -0.15) is 0 Å². The van der Waals surface area contributed by atoms with Crippen molar-refractivity contribution in [1.82, 2.24) is 0 Å². The molecule has 0 radical (unpaired) electrons. The molecular formula is C8H10FNO. The van der Waals surface area contributed by atoms with Crippen molar-refractivity contribution in [3.8, 4) is 0 Å². The largest absolute Gasteiger partial charge is 0.366 e. The fraction of sp³-hybridized carbons (Fsp3) is 0.125. The van der Waals surface area contributed by atoms with E-state index in [4.69, 9.17) is 5.73 Å². The van der Waals surface area contributed by atoms with Gasteiger partial charge in [0.2, 0.25) is 5.91 Å². The van der Waals surface area contributed by atoms with Crippen molar-refractivity contribution in [1.29, 1.82) is 0 Å². The van der Waals surface area contributed by atoms with Crippen molar-refractivity contribution < 1.29 is 9.18 Å². The number of primary amides is 1. The molecule has 0 aliphatic heterocycles. The Morgan fingerprint density at radius 3 is 2.09 bits per heavy atom. The number of nitrogens with two attached hydrogens (primary N) is 1. The van der Waals surface area contributed by atoms with Crippen LogP contribution in [0.3, 0.4) is 0 Å². The molecule has 0 spiro atoms. The van der Waals surface area contributed by atoms with Crippen LogP contribution in [0.4, 0.5) is 4.39 Å². The molecule has 0 bridgehead atoms. The third kappa shape index (κ3) is 3.35. The molecule has 2 nitrogen and oxygen atoms in total. The maximum Gasteiger partial charge on any atom is 0.249 e. The first-order valence-corrected chi connectivity index (χ1v) is 2.97. The molecule has 0 saturated heterocycles. The number of carbonyl (C=O) groups is 1. The minimum Gasteiger partial charge on any atom is -0.366 e. The molecule has 0 rings (SSSR count). The number of rotatable bonds is 3. The molecular weight excluding hydrogens is 145 g/mol. The Kier molecular flexibility index (Phi) is 3.24. The van der Waals surface area contributed by atoms with Gasteiger partial charge >= 0.3 is 0 Å². The van der Waals surface area contributed by atoms with E-state index >= 15 is 0 Å².